The fourth-order valence-corrected chi connectivity index (χ4v) is 1.07. The van der Waals surface area contributed by atoms with Crippen molar-refractivity contribution in [2.24, 2.45) is 0 Å². The van der Waals surface area contributed by atoms with Crippen LogP contribution < -0.4 is 5.32 Å². The molecule has 1 amide bonds. The number of amides is 1. The lowest BCUT2D eigenvalue weighted by molar-refractivity contribution is -0.140. The first-order valence-electron chi connectivity index (χ1n) is 6.33. The van der Waals surface area contributed by atoms with E-state index < -0.39 is 24.1 Å². The van der Waals surface area contributed by atoms with Crippen LogP contribution in [0.25, 0.3) is 0 Å². The summed E-state index contributed by atoms with van der Waals surface area (Å²) in [4.78, 5) is 33.4. The van der Waals surface area contributed by atoms with Crippen LogP contribution in [0.1, 0.15) is 27.7 Å². The van der Waals surface area contributed by atoms with E-state index in [1.807, 2.05) is 0 Å². The number of ether oxygens (including phenoxy) is 3. The Morgan fingerprint density at radius 1 is 1.05 bits per heavy atom. The zero-order chi connectivity index (χ0) is 15.5. The van der Waals surface area contributed by atoms with Gasteiger partial charge in [0.25, 0.3) is 0 Å². The summed E-state index contributed by atoms with van der Waals surface area (Å²) in [5.41, 5.74) is 0. The predicted octanol–water partition coefficient (Wildman–Crippen LogP) is 1.17. The van der Waals surface area contributed by atoms with Gasteiger partial charge in [0.2, 0.25) is 0 Å². The predicted molar refractivity (Wildman–Crippen MR) is 70.9 cm³/mol. The van der Waals surface area contributed by atoms with Crippen molar-refractivity contribution in [2.45, 2.75) is 39.8 Å². The smallest absolute Gasteiger partial charge is 0.407 e. The zero-order valence-electron chi connectivity index (χ0n) is 12.2. The molecule has 0 fully saturated rings. The Morgan fingerprint density at radius 2 is 1.60 bits per heavy atom. The highest BCUT2D eigenvalue weighted by Gasteiger charge is 2.11. The minimum Gasteiger partial charge on any atom is -0.463 e. The lowest BCUT2D eigenvalue weighted by Gasteiger charge is -2.15. The molecule has 0 rings (SSSR count). The van der Waals surface area contributed by atoms with Crippen LogP contribution in [0.2, 0.25) is 0 Å². The monoisotopic (exact) mass is 287 g/mol. The Morgan fingerprint density at radius 3 is 2.10 bits per heavy atom. The summed E-state index contributed by atoms with van der Waals surface area (Å²) in [5, 5.41) is 2.50. The summed E-state index contributed by atoms with van der Waals surface area (Å²) in [6.07, 6.45) is 1.15. The number of carbonyl (C=O) groups is 3. The van der Waals surface area contributed by atoms with Gasteiger partial charge in [0.15, 0.2) is 0 Å². The van der Waals surface area contributed by atoms with Gasteiger partial charge < -0.3 is 19.5 Å². The van der Waals surface area contributed by atoms with E-state index in [2.05, 4.69) is 10.1 Å². The van der Waals surface area contributed by atoms with E-state index in [-0.39, 0.29) is 19.3 Å². The molecule has 1 N–H and O–H groups in total. The number of hydrogen-bond donors (Lipinski definition) is 1. The van der Waals surface area contributed by atoms with Crippen molar-refractivity contribution in [3.05, 3.63) is 12.2 Å². The zero-order valence-corrected chi connectivity index (χ0v) is 12.2. The summed E-state index contributed by atoms with van der Waals surface area (Å²) in [7, 11) is 0. The van der Waals surface area contributed by atoms with Crippen LogP contribution in [0.15, 0.2) is 12.2 Å². The highest BCUT2D eigenvalue weighted by molar-refractivity contribution is 5.91. The maximum Gasteiger partial charge on any atom is 0.407 e. The number of esters is 2. The molecule has 0 unspecified atom stereocenters. The van der Waals surface area contributed by atoms with Crippen LogP contribution in [0, 0.1) is 0 Å². The molecule has 114 valence electrons. The second-order valence-electron chi connectivity index (χ2n) is 4.21. The van der Waals surface area contributed by atoms with E-state index in [9.17, 15) is 14.4 Å². The fourth-order valence-electron chi connectivity index (χ4n) is 1.07. The lowest BCUT2D eigenvalue weighted by atomic mass is 10.4. The number of carbonyl (C=O) groups excluding carboxylic acids is 3. The van der Waals surface area contributed by atoms with E-state index in [4.69, 9.17) is 9.47 Å². The molecule has 7 heteroatoms. The Kier molecular flexibility index (Phi) is 8.82. The summed E-state index contributed by atoms with van der Waals surface area (Å²) >= 11 is 0. The van der Waals surface area contributed by atoms with Crippen LogP contribution >= 0.6 is 0 Å². The number of hydrogen-bond acceptors (Lipinski definition) is 6. The van der Waals surface area contributed by atoms with Crippen molar-refractivity contribution in [1.29, 1.82) is 0 Å². The molecular weight excluding hydrogens is 266 g/mol. The number of rotatable bonds is 7. The van der Waals surface area contributed by atoms with Crippen molar-refractivity contribution < 1.29 is 28.6 Å². The number of nitrogens with one attached hydrogen (secondary N) is 1. The maximum atomic E-state index is 11.3. The van der Waals surface area contributed by atoms with Crippen LogP contribution in [-0.2, 0) is 23.8 Å². The molecule has 0 saturated carbocycles. The molecule has 0 aliphatic carbocycles. The van der Waals surface area contributed by atoms with Crippen molar-refractivity contribution in [3.8, 4) is 0 Å². The Labute approximate surface area is 118 Å². The lowest BCUT2D eigenvalue weighted by Crippen LogP contribution is -2.37. The van der Waals surface area contributed by atoms with Crippen LogP contribution in [0.4, 0.5) is 4.79 Å². The summed E-state index contributed by atoms with van der Waals surface area (Å²) in [6, 6.07) is -0.402. The average Bonchev–Trinajstić information content (AvgIpc) is 2.33. The van der Waals surface area contributed by atoms with Gasteiger partial charge in [-0.15, -0.1) is 0 Å². The summed E-state index contributed by atoms with van der Waals surface area (Å²) < 4.78 is 14.3. The van der Waals surface area contributed by atoms with E-state index in [1.54, 1.807) is 27.7 Å². The minimum absolute atomic E-state index is 0.0286. The summed E-state index contributed by atoms with van der Waals surface area (Å²) in [5.74, 6) is -1.31. The highest BCUT2D eigenvalue weighted by atomic mass is 16.6. The summed E-state index contributed by atoms with van der Waals surface area (Å²) in [6.45, 7) is 6.98. The SMILES string of the molecule is CCOC(=O)/C=C/C(=O)OC[C@H](C)NC(=O)OC(C)C. The first kappa shape index (κ1) is 17.9. The van der Waals surface area contributed by atoms with Gasteiger partial charge in [0.1, 0.15) is 6.61 Å². The molecule has 0 radical (unpaired) electrons. The molecule has 0 aromatic carbocycles. The van der Waals surface area contributed by atoms with Crippen LogP contribution in [0.5, 0.6) is 0 Å². The molecule has 1 atom stereocenters. The fraction of sp³-hybridized carbons (Fsp3) is 0.615. The molecular formula is C13H21NO6. The quantitative estimate of drug-likeness (QED) is 0.429. The van der Waals surface area contributed by atoms with Gasteiger partial charge in [-0.3, -0.25) is 0 Å². The Bertz CT molecular complexity index is 364. The van der Waals surface area contributed by atoms with Crippen molar-refractivity contribution in [2.75, 3.05) is 13.2 Å². The Balaban J connectivity index is 3.94. The van der Waals surface area contributed by atoms with Crippen LogP contribution in [-0.4, -0.2) is 43.4 Å². The third kappa shape index (κ3) is 9.93. The molecule has 0 aliphatic heterocycles. The highest BCUT2D eigenvalue weighted by Crippen LogP contribution is 1.93. The number of alkyl carbamates (subject to hydrolysis) is 1. The minimum atomic E-state index is -0.691. The third-order valence-electron chi connectivity index (χ3n) is 1.82. The molecule has 0 saturated heterocycles. The van der Waals surface area contributed by atoms with E-state index in [1.165, 1.54) is 0 Å². The van der Waals surface area contributed by atoms with Crippen LogP contribution in [0.3, 0.4) is 0 Å². The third-order valence-corrected chi connectivity index (χ3v) is 1.82. The van der Waals surface area contributed by atoms with Gasteiger partial charge in [-0.1, -0.05) is 0 Å². The molecule has 7 nitrogen and oxygen atoms in total. The molecule has 0 heterocycles. The van der Waals surface area contributed by atoms with E-state index >= 15 is 0 Å². The molecule has 0 spiro atoms. The van der Waals surface area contributed by atoms with Gasteiger partial charge >= 0.3 is 18.0 Å². The van der Waals surface area contributed by atoms with E-state index in [0.717, 1.165) is 12.2 Å². The van der Waals surface area contributed by atoms with E-state index in [0.29, 0.717) is 0 Å². The normalized spacial score (nSPS) is 12.1. The van der Waals surface area contributed by atoms with Crippen molar-refractivity contribution in [1.82, 2.24) is 5.32 Å². The Hall–Kier alpha value is -2.05. The van der Waals surface area contributed by atoms with Gasteiger partial charge in [-0.05, 0) is 27.7 Å². The first-order valence-corrected chi connectivity index (χ1v) is 6.33. The topological polar surface area (TPSA) is 90.9 Å². The van der Waals surface area contributed by atoms with Gasteiger partial charge in [0.05, 0.1) is 18.8 Å². The molecule has 0 aromatic heterocycles. The average molecular weight is 287 g/mol. The largest absolute Gasteiger partial charge is 0.463 e. The van der Waals surface area contributed by atoms with Crippen molar-refractivity contribution in [3.63, 3.8) is 0 Å². The van der Waals surface area contributed by atoms with Crippen molar-refractivity contribution >= 4 is 18.0 Å². The molecule has 20 heavy (non-hydrogen) atoms. The standard InChI is InChI=1S/C13H21NO6/c1-5-18-11(15)6-7-12(16)19-8-10(4)14-13(17)20-9(2)3/h6-7,9-10H,5,8H2,1-4H3,(H,14,17)/b7-6+/t10-/m0/s1. The molecule has 0 aromatic rings. The first-order chi connectivity index (χ1) is 9.35. The van der Waals surface area contributed by atoms with Gasteiger partial charge in [-0.25, -0.2) is 14.4 Å². The van der Waals surface area contributed by atoms with Gasteiger partial charge in [0, 0.05) is 12.2 Å². The second-order valence-corrected chi connectivity index (χ2v) is 4.21. The maximum absolute atomic E-state index is 11.3. The van der Waals surface area contributed by atoms with Gasteiger partial charge in [-0.2, -0.15) is 0 Å². The molecule has 0 aliphatic rings. The second kappa shape index (κ2) is 9.82. The molecule has 0 bridgehead atoms.